The molecule has 0 spiro atoms. The van der Waals surface area contributed by atoms with E-state index in [1.807, 2.05) is 0 Å². The fourth-order valence-electron chi connectivity index (χ4n) is 2.84. The van der Waals surface area contributed by atoms with Gasteiger partial charge in [-0.3, -0.25) is 0 Å². The molecule has 0 amide bonds. The van der Waals surface area contributed by atoms with Gasteiger partial charge in [-0.2, -0.15) is 0 Å². The van der Waals surface area contributed by atoms with Crippen molar-refractivity contribution in [2.75, 3.05) is 0 Å². The lowest BCUT2D eigenvalue weighted by atomic mass is 9.85. The average molecular weight is 315 g/mol. The predicted octanol–water partition coefficient (Wildman–Crippen LogP) is 7.58. The van der Waals surface area contributed by atoms with Crippen molar-refractivity contribution in [2.24, 2.45) is 5.41 Å². The van der Waals surface area contributed by atoms with E-state index in [1.165, 1.54) is 27.8 Å². The van der Waals surface area contributed by atoms with Crippen molar-refractivity contribution in [2.45, 2.75) is 81.6 Å². The van der Waals surface area contributed by atoms with Crippen molar-refractivity contribution < 1.29 is 0 Å². The summed E-state index contributed by atoms with van der Waals surface area (Å²) in [5.41, 5.74) is 7.90. The third-order valence-corrected chi connectivity index (χ3v) is 4.19. The molecular weight excluding hydrogens is 276 g/mol. The largest absolute Gasteiger partial charge is 0.0834 e. The standard InChI is InChI=1S/C21H30.2CH4/c1-15-13-16-14-17(21(5,6)7)10-11-19(16)18(15)9-8-12-20(2,3)4;;/h8-11,14H,12-13H2,1-7H3;2*1H4/b9-8-;;. The molecule has 0 unspecified atom stereocenters. The van der Waals surface area contributed by atoms with E-state index in [-0.39, 0.29) is 20.3 Å². The van der Waals surface area contributed by atoms with Crippen LogP contribution in [0, 0.1) is 5.41 Å². The van der Waals surface area contributed by atoms with Crippen molar-refractivity contribution >= 4 is 5.57 Å². The topological polar surface area (TPSA) is 0 Å². The van der Waals surface area contributed by atoms with Crippen LogP contribution in [0.1, 0.15) is 86.4 Å². The van der Waals surface area contributed by atoms with Gasteiger partial charge in [-0.15, -0.1) is 0 Å². The highest BCUT2D eigenvalue weighted by molar-refractivity contribution is 5.82. The SMILES string of the molecule is C.C.CC1=C(/C=C\CC(C)(C)C)c2ccc(C(C)(C)C)cc2C1. The lowest BCUT2D eigenvalue weighted by molar-refractivity contribution is 0.420. The van der Waals surface area contributed by atoms with Crippen LogP contribution in [0.4, 0.5) is 0 Å². The third kappa shape index (κ3) is 5.37. The molecular formula is C23H38. The molecule has 130 valence electrons. The minimum Gasteiger partial charge on any atom is -0.0834 e. The number of hydrogen-bond acceptors (Lipinski definition) is 0. The van der Waals surface area contributed by atoms with Gasteiger partial charge in [0.15, 0.2) is 0 Å². The van der Waals surface area contributed by atoms with Crippen molar-refractivity contribution in [3.63, 3.8) is 0 Å². The smallest absolute Gasteiger partial charge is 0.00544 e. The quantitative estimate of drug-likeness (QED) is 0.527. The maximum Gasteiger partial charge on any atom is -0.00544 e. The lowest BCUT2D eigenvalue weighted by Crippen LogP contribution is -2.11. The highest BCUT2D eigenvalue weighted by atomic mass is 14.3. The summed E-state index contributed by atoms with van der Waals surface area (Å²) in [6, 6.07) is 7.03. The maximum absolute atomic E-state index is 2.41. The number of rotatable bonds is 2. The molecule has 1 aromatic rings. The molecule has 0 fully saturated rings. The Balaban J connectivity index is 0.00000242. The molecule has 2 rings (SSSR count). The number of fused-ring (bicyclic) bond motifs is 1. The van der Waals surface area contributed by atoms with Gasteiger partial charge in [-0.1, -0.05) is 92.3 Å². The van der Waals surface area contributed by atoms with E-state index in [1.54, 1.807) is 0 Å². The fourth-order valence-corrected chi connectivity index (χ4v) is 2.84. The molecule has 0 radical (unpaired) electrons. The lowest BCUT2D eigenvalue weighted by Gasteiger charge is -2.20. The van der Waals surface area contributed by atoms with Crippen LogP contribution in [0.25, 0.3) is 5.57 Å². The van der Waals surface area contributed by atoms with Crippen LogP contribution in [0.15, 0.2) is 35.9 Å². The van der Waals surface area contributed by atoms with Gasteiger partial charge in [-0.05, 0) is 52.9 Å². The molecule has 0 saturated heterocycles. The van der Waals surface area contributed by atoms with Gasteiger partial charge in [0.1, 0.15) is 0 Å². The summed E-state index contributed by atoms with van der Waals surface area (Å²) in [5, 5.41) is 0. The minimum atomic E-state index is 0. The van der Waals surface area contributed by atoms with E-state index in [2.05, 4.69) is 78.8 Å². The van der Waals surface area contributed by atoms with Gasteiger partial charge in [-0.25, -0.2) is 0 Å². The molecule has 0 bridgehead atoms. The van der Waals surface area contributed by atoms with E-state index in [0.29, 0.717) is 5.41 Å². The maximum atomic E-state index is 2.41. The summed E-state index contributed by atoms with van der Waals surface area (Å²) in [7, 11) is 0. The zero-order valence-corrected chi connectivity index (χ0v) is 14.8. The Morgan fingerprint density at radius 3 is 2.13 bits per heavy atom. The molecule has 1 aliphatic carbocycles. The van der Waals surface area contributed by atoms with Crippen LogP contribution in [0.3, 0.4) is 0 Å². The summed E-state index contributed by atoms with van der Waals surface area (Å²) >= 11 is 0. The van der Waals surface area contributed by atoms with Crippen LogP contribution < -0.4 is 0 Å². The first-order chi connectivity index (χ1) is 9.58. The van der Waals surface area contributed by atoms with E-state index >= 15 is 0 Å². The summed E-state index contributed by atoms with van der Waals surface area (Å²) in [4.78, 5) is 0. The molecule has 0 atom stereocenters. The van der Waals surface area contributed by atoms with Gasteiger partial charge < -0.3 is 0 Å². The Morgan fingerprint density at radius 1 is 1.00 bits per heavy atom. The molecule has 1 aliphatic rings. The van der Waals surface area contributed by atoms with Crippen molar-refractivity contribution in [3.8, 4) is 0 Å². The van der Waals surface area contributed by atoms with E-state index in [4.69, 9.17) is 0 Å². The van der Waals surface area contributed by atoms with E-state index in [0.717, 1.165) is 12.8 Å². The first-order valence-electron chi connectivity index (χ1n) is 8.08. The summed E-state index contributed by atoms with van der Waals surface area (Å²) in [5.74, 6) is 0. The molecule has 0 aliphatic heterocycles. The second kappa shape index (κ2) is 7.51. The molecule has 0 aromatic heterocycles. The van der Waals surface area contributed by atoms with Crippen LogP contribution in [0.2, 0.25) is 0 Å². The van der Waals surface area contributed by atoms with Gasteiger partial charge >= 0.3 is 0 Å². The van der Waals surface area contributed by atoms with Crippen molar-refractivity contribution in [1.29, 1.82) is 0 Å². The number of benzene rings is 1. The molecule has 1 aromatic carbocycles. The normalized spacial score (nSPS) is 14.6. The Labute approximate surface area is 145 Å². The molecule has 0 N–H and O–H groups in total. The molecule has 0 heterocycles. The first-order valence-corrected chi connectivity index (χ1v) is 8.08. The van der Waals surface area contributed by atoms with Crippen LogP contribution >= 0.6 is 0 Å². The molecule has 23 heavy (non-hydrogen) atoms. The van der Waals surface area contributed by atoms with Gasteiger partial charge in [0, 0.05) is 0 Å². The van der Waals surface area contributed by atoms with Crippen molar-refractivity contribution in [3.05, 3.63) is 52.6 Å². The first kappa shape index (κ1) is 21.7. The Bertz CT molecular complexity index is 583. The van der Waals surface area contributed by atoms with Crippen molar-refractivity contribution in [1.82, 2.24) is 0 Å². The summed E-state index contributed by atoms with van der Waals surface area (Å²) in [6.07, 6.45) is 6.91. The van der Waals surface area contributed by atoms with E-state index in [9.17, 15) is 0 Å². The van der Waals surface area contributed by atoms with E-state index < -0.39 is 0 Å². The summed E-state index contributed by atoms with van der Waals surface area (Å²) in [6.45, 7) is 16.0. The van der Waals surface area contributed by atoms with Crippen LogP contribution in [0.5, 0.6) is 0 Å². The molecule has 0 nitrogen and oxygen atoms in total. The highest BCUT2D eigenvalue weighted by Gasteiger charge is 2.21. The van der Waals surface area contributed by atoms with Gasteiger partial charge in [0.2, 0.25) is 0 Å². The number of allylic oxidation sites excluding steroid dienone is 4. The average Bonchev–Trinajstić information content (AvgIpc) is 2.62. The Kier molecular flexibility index (Phi) is 7.09. The monoisotopic (exact) mass is 314 g/mol. The zero-order chi connectivity index (χ0) is 15.8. The third-order valence-electron chi connectivity index (χ3n) is 4.19. The molecule has 0 saturated carbocycles. The number of hydrogen-bond donors (Lipinski definition) is 0. The van der Waals surface area contributed by atoms with Crippen LogP contribution in [-0.2, 0) is 11.8 Å². The minimum absolute atomic E-state index is 0. The van der Waals surface area contributed by atoms with Gasteiger partial charge in [0.25, 0.3) is 0 Å². The molecule has 0 heteroatoms. The second-order valence-electron chi connectivity index (χ2n) is 8.66. The fraction of sp³-hybridized carbons (Fsp3) is 0.565. The summed E-state index contributed by atoms with van der Waals surface area (Å²) < 4.78 is 0. The van der Waals surface area contributed by atoms with Crippen LogP contribution in [-0.4, -0.2) is 0 Å². The predicted molar refractivity (Wildman–Crippen MR) is 108 cm³/mol. The Morgan fingerprint density at radius 2 is 1.61 bits per heavy atom. The second-order valence-corrected chi connectivity index (χ2v) is 8.66. The highest BCUT2D eigenvalue weighted by Crippen LogP contribution is 2.36. The van der Waals surface area contributed by atoms with Gasteiger partial charge in [0.05, 0.1) is 0 Å². The Hall–Kier alpha value is -1.30. The zero-order valence-electron chi connectivity index (χ0n) is 14.8.